The van der Waals surface area contributed by atoms with Gasteiger partial charge in [-0.1, -0.05) is 0 Å². The number of fused-ring (bicyclic) bond motifs is 1. The summed E-state index contributed by atoms with van der Waals surface area (Å²) in [6.45, 7) is 4.54. The molecule has 1 aromatic rings. The van der Waals surface area contributed by atoms with Crippen molar-refractivity contribution in [2.45, 2.75) is 12.2 Å². The van der Waals surface area contributed by atoms with E-state index in [-0.39, 0.29) is 0 Å². The molecule has 0 spiro atoms. The van der Waals surface area contributed by atoms with Crippen LogP contribution >= 0.6 is 0 Å². The van der Waals surface area contributed by atoms with E-state index in [0.29, 0.717) is 0 Å². The van der Waals surface area contributed by atoms with Crippen LogP contribution in [0.2, 0.25) is 0 Å². The second-order valence-electron chi connectivity index (χ2n) is 5.23. The van der Waals surface area contributed by atoms with Crippen LogP contribution in [0.15, 0.2) is 18.2 Å². The fourth-order valence-corrected chi connectivity index (χ4v) is 2.57. The van der Waals surface area contributed by atoms with Crippen molar-refractivity contribution in [3.63, 3.8) is 0 Å². The normalized spacial score (nSPS) is 26.6. The van der Waals surface area contributed by atoms with Gasteiger partial charge in [-0.15, -0.1) is 0 Å². The predicted molar refractivity (Wildman–Crippen MR) is 76.9 cm³/mol. The van der Waals surface area contributed by atoms with Crippen molar-refractivity contribution in [1.82, 2.24) is 4.90 Å². The summed E-state index contributed by atoms with van der Waals surface area (Å²) in [6, 6.07) is 5.74. The molecule has 0 saturated carbocycles. The van der Waals surface area contributed by atoms with Gasteiger partial charge in [-0.2, -0.15) is 0 Å². The van der Waals surface area contributed by atoms with Crippen molar-refractivity contribution in [1.29, 1.82) is 0 Å². The lowest BCUT2D eigenvalue weighted by Crippen LogP contribution is -2.53. The number of nitrogens with two attached hydrogens (primary N) is 2. The van der Waals surface area contributed by atoms with Gasteiger partial charge >= 0.3 is 0 Å². The highest BCUT2D eigenvalue weighted by atomic mass is 16.5. The Kier molecular flexibility index (Phi) is 3.22. The summed E-state index contributed by atoms with van der Waals surface area (Å²) >= 11 is 0. The van der Waals surface area contributed by atoms with Crippen LogP contribution in [0.1, 0.15) is 6.42 Å². The molecular formula is C13H21N5O. The van der Waals surface area contributed by atoms with Gasteiger partial charge in [0.2, 0.25) is 0 Å². The number of hydrogen-bond donors (Lipinski definition) is 4. The van der Waals surface area contributed by atoms with E-state index in [9.17, 15) is 0 Å². The molecular weight excluding hydrogens is 242 g/mol. The van der Waals surface area contributed by atoms with Crippen LogP contribution in [0.25, 0.3) is 0 Å². The molecule has 1 saturated heterocycles. The SMILES string of the molecule is Nc1ccc2c(c1)NC(N)(CCN1CCOCC1)N2. The summed E-state index contributed by atoms with van der Waals surface area (Å²) in [5.74, 6) is -0.589. The summed E-state index contributed by atoms with van der Waals surface area (Å²) in [4.78, 5) is 2.37. The zero-order valence-electron chi connectivity index (χ0n) is 11.0. The quantitative estimate of drug-likeness (QED) is 0.592. The molecule has 0 amide bonds. The molecule has 6 heteroatoms. The van der Waals surface area contributed by atoms with Crippen LogP contribution in [-0.2, 0) is 4.74 Å². The van der Waals surface area contributed by atoms with E-state index in [4.69, 9.17) is 16.2 Å². The minimum absolute atomic E-state index is 0.589. The maximum Gasteiger partial charge on any atom is 0.163 e. The molecule has 1 unspecified atom stereocenters. The van der Waals surface area contributed by atoms with E-state index in [1.54, 1.807) is 0 Å². The molecule has 1 aromatic carbocycles. The molecule has 3 rings (SSSR count). The Morgan fingerprint density at radius 1 is 1.21 bits per heavy atom. The van der Waals surface area contributed by atoms with Gasteiger partial charge in [0.05, 0.1) is 24.6 Å². The summed E-state index contributed by atoms with van der Waals surface area (Å²) in [6.07, 6.45) is 0.821. The van der Waals surface area contributed by atoms with Crippen molar-refractivity contribution < 1.29 is 4.74 Å². The number of nitrogens with zero attached hydrogens (tertiary/aromatic N) is 1. The number of rotatable bonds is 3. The lowest BCUT2D eigenvalue weighted by Gasteiger charge is -2.31. The van der Waals surface area contributed by atoms with Gasteiger partial charge in [-0.3, -0.25) is 10.6 Å². The summed E-state index contributed by atoms with van der Waals surface area (Å²) in [5.41, 5.74) is 14.9. The minimum Gasteiger partial charge on any atom is -0.399 e. The fourth-order valence-electron chi connectivity index (χ4n) is 2.57. The Balaban J connectivity index is 1.60. The monoisotopic (exact) mass is 263 g/mol. The third-order valence-corrected chi connectivity index (χ3v) is 3.69. The minimum atomic E-state index is -0.589. The third kappa shape index (κ3) is 2.75. The van der Waals surface area contributed by atoms with E-state index in [1.807, 2.05) is 18.2 Å². The largest absolute Gasteiger partial charge is 0.399 e. The standard InChI is InChI=1S/C13H21N5O/c14-10-1-2-11-12(9-10)17-13(15,16-11)3-4-18-5-7-19-8-6-18/h1-2,9,16-17H,3-8,14-15H2. The summed E-state index contributed by atoms with van der Waals surface area (Å²) < 4.78 is 5.34. The van der Waals surface area contributed by atoms with Crippen LogP contribution in [0.5, 0.6) is 0 Å². The van der Waals surface area contributed by atoms with Crippen molar-refractivity contribution in [3.05, 3.63) is 18.2 Å². The van der Waals surface area contributed by atoms with Crippen LogP contribution in [-0.4, -0.2) is 43.5 Å². The van der Waals surface area contributed by atoms with Gasteiger partial charge in [-0.05, 0) is 18.2 Å². The lowest BCUT2D eigenvalue weighted by atomic mass is 10.2. The van der Waals surface area contributed by atoms with Crippen molar-refractivity contribution in [3.8, 4) is 0 Å². The molecule has 0 radical (unpaired) electrons. The molecule has 1 fully saturated rings. The first kappa shape index (κ1) is 12.5. The zero-order chi connectivity index (χ0) is 13.3. The molecule has 0 aliphatic carbocycles. The fraction of sp³-hybridized carbons (Fsp3) is 0.538. The van der Waals surface area contributed by atoms with Crippen molar-refractivity contribution >= 4 is 17.1 Å². The van der Waals surface area contributed by atoms with Gasteiger partial charge in [0.1, 0.15) is 0 Å². The number of hydrogen-bond acceptors (Lipinski definition) is 6. The molecule has 6 nitrogen and oxygen atoms in total. The Morgan fingerprint density at radius 2 is 1.95 bits per heavy atom. The Hall–Kier alpha value is -1.50. The highest BCUT2D eigenvalue weighted by molar-refractivity contribution is 5.78. The maximum absolute atomic E-state index is 6.36. The number of nitrogen functional groups attached to an aromatic ring is 1. The molecule has 2 heterocycles. The number of nitrogens with one attached hydrogen (secondary N) is 2. The number of benzene rings is 1. The molecule has 2 aliphatic rings. The number of anilines is 3. The van der Waals surface area contributed by atoms with Gasteiger partial charge < -0.3 is 21.1 Å². The van der Waals surface area contributed by atoms with Gasteiger partial charge in [0.15, 0.2) is 5.79 Å². The van der Waals surface area contributed by atoms with Gasteiger partial charge in [0.25, 0.3) is 0 Å². The summed E-state index contributed by atoms with van der Waals surface area (Å²) in [7, 11) is 0. The maximum atomic E-state index is 6.36. The molecule has 0 bridgehead atoms. The van der Waals surface area contributed by atoms with Crippen molar-refractivity contribution in [2.24, 2.45) is 5.73 Å². The van der Waals surface area contributed by atoms with Gasteiger partial charge in [-0.25, -0.2) is 0 Å². The summed E-state index contributed by atoms with van der Waals surface area (Å²) in [5, 5.41) is 6.65. The predicted octanol–water partition coefficient (Wildman–Crippen LogP) is 0.441. The highest BCUT2D eigenvalue weighted by Gasteiger charge is 2.32. The van der Waals surface area contributed by atoms with Crippen molar-refractivity contribution in [2.75, 3.05) is 49.2 Å². The second kappa shape index (κ2) is 4.88. The van der Waals surface area contributed by atoms with Gasteiger partial charge in [0, 0.05) is 31.7 Å². The first-order valence-corrected chi connectivity index (χ1v) is 6.69. The first-order chi connectivity index (χ1) is 9.15. The van der Waals surface area contributed by atoms with Crippen LogP contribution in [0, 0.1) is 0 Å². The van der Waals surface area contributed by atoms with E-state index >= 15 is 0 Å². The van der Waals surface area contributed by atoms with Crippen LogP contribution in [0.4, 0.5) is 17.1 Å². The Morgan fingerprint density at radius 3 is 2.74 bits per heavy atom. The molecule has 104 valence electrons. The molecule has 1 atom stereocenters. The van der Waals surface area contributed by atoms with Crippen LogP contribution in [0.3, 0.4) is 0 Å². The first-order valence-electron chi connectivity index (χ1n) is 6.69. The molecule has 0 aromatic heterocycles. The number of morpholine rings is 1. The average molecular weight is 263 g/mol. The second-order valence-corrected chi connectivity index (χ2v) is 5.23. The average Bonchev–Trinajstić information content (AvgIpc) is 2.74. The van der Waals surface area contributed by atoms with E-state index in [0.717, 1.165) is 56.3 Å². The molecule has 19 heavy (non-hydrogen) atoms. The Bertz CT molecular complexity index is 460. The lowest BCUT2D eigenvalue weighted by molar-refractivity contribution is 0.0357. The number of ether oxygens (including phenoxy) is 1. The van der Waals surface area contributed by atoms with E-state index in [1.165, 1.54) is 0 Å². The highest BCUT2D eigenvalue weighted by Crippen LogP contribution is 2.34. The van der Waals surface area contributed by atoms with E-state index < -0.39 is 5.79 Å². The Labute approximate surface area is 113 Å². The smallest absolute Gasteiger partial charge is 0.163 e. The van der Waals surface area contributed by atoms with E-state index in [2.05, 4.69) is 15.5 Å². The zero-order valence-corrected chi connectivity index (χ0v) is 11.0. The topological polar surface area (TPSA) is 88.6 Å². The molecule has 2 aliphatic heterocycles. The molecule has 6 N–H and O–H groups in total. The van der Waals surface area contributed by atoms with Crippen LogP contribution < -0.4 is 22.1 Å². The third-order valence-electron chi connectivity index (χ3n) is 3.69.